The van der Waals surface area contributed by atoms with E-state index in [0.717, 1.165) is 11.3 Å². The van der Waals surface area contributed by atoms with Crippen LogP contribution in [-0.2, 0) is 0 Å². The number of halogens is 1. The molecule has 1 aromatic rings. The number of hydrogen-bond acceptors (Lipinski definition) is 1. The summed E-state index contributed by atoms with van der Waals surface area (Å²) in [6.45, 7) is 0. The molecule has 58 valence electrons. The maximum atomic E-state index is 5.43. The van der Waals surface area contributed by atoms with Crippen LogP contribution in [0.4, 0.5) is 0 Å². The van der Waals surface area contributed by atoms with Crippen molar-refractivity contribution in [3.05, 3.63) is 35.4 Å². The van der Waals surface area contributed by atoms with Crippen molar-refractivity contribution in [3.63, 3.8) is 0 Å². The van der Waals surface area contributed by atoms with E-state index in [9.17, 15) is 0 Å². The fourth-order valence-corrected chi connectivity index (χ4v) is 1.01. The topological polar surface area (TPSA) is 9.23 Å². The van der Waals surface area contributed by atoms with Crippen molar-refractivity contribution in [1.29, 1.82) is 0 Å². The number of benzene rings is 1. The van der Waals surface area contributed by atoms with Crippen LogP contribution in [0.3, 0.4) is 0 Å². The largest absolute Gasteiger partial charge is 0.496 e. The molecule has 0 amide bonds. The third kappa shape index (κ3) is 1.99. The molecule has 0 unspecified atom stereocenters. The van der Waals surface area contributed by atoms with Crippen molar-refractivity contribution in [2.24, 2.45) is 0 Å². The molecule has 0 fully saturated rings. The van der Waals surface area contributed by atoms with Crippen molar-refractivity contribution < 1.29 is 4.74 Å². The molecule has 0 heterocycles. The van der Waals surface area contributed by atoms with E-state index in [1.54, 1.807) is 13.2 Å². The molecule has 0 radical (unpaired) electrons. The van der Waals surface area contributed by atoms with Crippen molar-refractivity contribution >= 4 is 17.7 Å². The molecule has 1 rings (SSSR count). The summed E-state index contributed by atoms with van der Waals surface area (Å²) in [5, 5.41) is 0. The lowest BCUT2D eigenvalue weighted by atomic mass is 10.2. The maximum absolute atomic E-state index is 5.43. The van der Waals surface area contributed by atoms with Crippen molar-refractivity contribution in [2.75, 3.05) is 7.11 Å². The van der Waals surface area contributed by atoms with E-state index < -0.39 is 0 Å². The standard InChI is InChI=1S/C9H9ClO/c1-11-9-5-3-2-4-8(9)6-7-10/h2-7H,1H3. The zero-order valence-electron chi connectivity index (χ0n) is 6.25. The first-order chi connectivity index (χ1) is 5.38. The Morgan fingerprint density at radius 2 is 2.09 bits per heavy atom. The van der Waals surface area contributed by atoms with Crippen LogP contribution in [0, 0.1) is 0 Å². The quantitative estimate of drug-likeness (QED) is 0.660. The summed E-state index contributed by atoms with van der Waals surface area (Å²) in [6, 6.07) is 7.70. The van der Waals surface area contributed by atoms with Gasteiger partial charge in [-0.1, -0.05) is 29.8 Å². The molecule has 0 aliphatic heterocycles. The van der Waals surface area contributed by atoms with Gasteiger partial charge >= 0.3 is 0 Å². The summed E-state index contributed by atoms with van der Waals surface area (Å²) in [5.41, 5.74) is 2.46. The molecule has 0 N–H and O–H groups in total. The molecule has 0 bridgehead atoms. The van der Waals surface area contributed by atoms with E-state index in [1.807, 2.05) is 24.3 Å². The Morgan fingerprint density at radius 1 is 1.36 bits per heavy atom. The van der Waals surface area contributed by atoms with E-state index >= 15 is 0 Å². The fraction of sp³-hybridized carbons (Fsp3) is 0.111. The molecule has 1 aromatic carbocycles. The Labute approximate surface area is 71.3 Å². The van der Waals surface area contributed by atoms with Crippen LogP contribution in [0.25, 0.3) is 6.08 Å². The van der Waals surface area contributed by atoms with Crippen molar-refractivity contribution in [1.82, 2.24) is 0 Å². The maximum Gasteiger partial charge on any atom is 0.126 e. The molecule has 0 spiro atoms. The van der Waals surface area contributed by atoms with Gasteiger partial charge in [0.15, 0.2) is 0 Å². The molecule has 0 atom stereocenters. The predicted molar refractivity (Wildman–Crippen MR) is 47.9 cm³/mol. The summed E-state index contributed by atoms with van der Waals surface area (Å²) < 4.78 is 5.09. The van der Waals surface area contributed by atoms with E-state index in [2.05, 4.69) is 0 Å². The molecule has 0 saturated carbocycles. The molecule has 0 aliphatic rings. The summed E-state index contributed by atoms with van der Waals surface area (Å²) in [7, 11) is 1.64. The summed E-state index contributed by atoms with van der Waals surface area (Å²) in [5.74, 6) is 0.837. The SMILES string of the molecule is COc1ccccc1C=CCl. The minimum atomic E-state index is 0.837. The van der Waals surface area contributed by atoms with E-state index in [0.29, 0.717) is 0 Å². The number of hydrogen-bond donors (Lipinski definition) is 0. The monoisotopic (exact) mass is 168 g/mol. The number of rotatable bonds is 2. The zero-order chi connectivity index (χ0) is 8.10. The normalized spacial score (nSPS) is 10.4. The molecule has 11 heavy (non-hydrogen) atoms. The van der Waals surface area contributed by atoms with Gasteiger partial charge in [0, 0.05) is 11.1 Å². The van der Waals surface area contributed by atoms with Crippen LogP contribution in [0.5, 0.6) is 5.75 Å². The minimum absolute atomic E-state index is 0.837. The van der Waals surface area contributed by atoms with Gasteiger partial charge in [0.1, 0.15) is 5.75 Å². The summed E-state index contributed by atoms with van der Waals surface area (Å²) >= 11 is 5.43. The molecule has 2 heteroatoms. The Morgan fingerprint density at radius 3 is 2.73 bits per heavy atom. The Bertz CT molecular complexity index is 255. The zero-order valence-corrected chi connectivity index (χ0v) is 7.01. The van der Waals surface area contributed by atoms with Gasteiger partial charge in [-0.05, 0) is 12.1 Å². The second-order valence-electron chi connectivity index (χ2n) is 2.03. The Kier molecular flexibility index (Phi) is 2.99. The van der Waals surface area contributed by atoms with Crippen LogP contribution in [0.2, 0.25) is 0 Å². The predicted octanol–water partition coefficient (Wildman–Crippen LogP) is 2.90. The van der Waals surface area contributed by atoms with E-state index in [-0.39, 0.29) is 0 Å². The lowest BCUT2D eigenvalue weighted by molar-refractivity contribution is 0.414. The molecule has 1 nitrogen and oxygen atoms in total. The number of para-hydroxylation sites is 1. The fourth-order valence-electron chi connectivity index (χ4n) is 0.872. The van der Waals surface area contributed by atoms with Crippen LogP contribution in [0.15, 0.2) is 29.8 Å². The highest BCUT2D eigenvalue weighted by Crippen LogP contribution is 2.18. The lowest BCUT2D eigenvalue weighted by Gasteiger charge is -2.01. The Hall–Kier alpha value is -0.950. The number of methoxy groups -OCH3 is 1. The first-order valence-electron chi connectivity index (χ1n) is 3.28. The third-order valence-corrected chi connectivity index (χ3v) is 1.51. The second-order valence-corrected chi connectivity index (χ2v) is 2.29. The van der Waals surface area contributed by atoms with Gasteiger partial charge in [0.2, 0.25) is 0 Å². The first-order valence-corrected chi connectivity index (χ1v) is 3.72. The van der Waals surface area contributed by atoms with Gasteiger partial charge in [0.25, 0.3) is 0 Å². The molecule has 0 aliphatic carbocycles. The van der Waals surface area contributed by atoms with Crippen LogP contribution in [0.1, 0.15) is 5.56 Å². The van der Waals surface area contributed by atoms with Crippen molar-refractivity contribution in [2.45, 2.75) is 0 Å². The molecular formula is C9H9ClO. The van der Waals surface area contributed by atoms with Gasteiger partial charge in [-0.3, -0.25) is 0 Å². The Balaban J connectivity index is 3.02. The highest BCUT2D eigenvalue weighted by Gasteiger charge is 1.94. The van der Waals surface area contributed by atoms with Gasteiger partial charge in [0.05, 0.1) is 7.11 Å². The van der Waals surface area contributed by atoms with Gasteiger partial charge in [-0.2, -0.15) is 0 Å². The van der Waals surface area contributed by atoms with Crippen LogP contribution >= 0.6 is 11.6 Å². The number of ether oxygens (including phenoxy) is 1. The summed E-state index contributed by atoms with van der Waals surface area (Å²) in [4.78, 5) is 0. The van der Waals surface area contributed by atoms with Crippen LogP contribution in [-0.4, -0.2) is 7.11 Å². The highest BCUT2D eigenvalue weighted by atomic mass is 35.5. The van der Waals surface area contributed by atoms with Gasteiger partial charge < -0.3 is 4.74 Å². The highest BCUT2D eigenvalue weighted by molar-refractivity contribution is 6.27. The molecule has 0 saturated heterocycles. The smallest absolute Gasteiger partial charge is 0.126 e. The summed E-state index contributed by atoms with van der Waals surface area (Å²) in [6.07, 6.45) is 1.79. The van der Waals surface area contributed by atoms with Crippen LogP contribution < -0.4 is 4.74 Å². The third-order valence-electron chi connectivity index (χ3n) is 1.38. The first kappa shape index (κ1) is 8.15. The average Bonchev–Trinajstić information content (AvgIpc) is 2.06. The molecule has 0 aromatic heterocycles. The van der Waals surface area contributed by atoms with E-state index in [1.165, 1.54) is 5.54 Å². The van der Waals surface area contributed by atoms with E-state index in [4.69, 9.17) is 16.3 Å². The average molecular weight is 169 g/mol. The lowest BCUT2D eigenvalue weighted by Crippen LogP contribution is -1.84. The minimum Gasteiger partial charge on any atom is -0.496 e. The van der Waals surface area contributed by atoms with Gasteiger partial charge in [-0.15, -0.1) is 0 Å². The van der Waals surface area contributed by atoms with Gasteiger partial charge in [-0.25, -0.2) is 0 Å². The second kappa shape index (κ2) is 4.04. The van der Waals surface area contributed by atoms with Crippen molar-refractivity contribution in [3.8, 4) is 5.75 Å². The molecular weight excluding hydrogens is 160 g/mol.